The average Bonchev–Trinajstić information content (AvgIpc) is 2.31. The van der Waals surface area contributed by atoms with Crippen molar-refractivity contribution in [3.63, 3.8) is 0 Å². The van der Waals surface area contributed by atoms with Crippen LogP contribution in [0.1, 0.15) is 60.8 Å². The molecule has 0 saturated carbocycles. The number of amides is 1. The molecule has 1 N–H and O–H groups in total. The molecule has 0 aromatic heterocycles. The first-order valence-electron chi connectivity index (χ1n) is 8.16. The molecule has 1 saturated heterocycles. The van der Waals surface area contributed by atoms with Crippen LogP contribution in [0.25, 0.3) is 0 Å². The molecule has 1 aliphatic rings. The van der Waals surface area contributed by atoms with E-state index in [4.69, 9.17) is 4.74 Å². The fourth-order valence-corrected chi connectivity index (χ4v) is 2.61. The zero-order valence-corrected chi connectivity index (χ0v) is 15.0. The Bertz CT molecular complexity index is 478. The number of aliphatic carboxylic acids is 1. The minimum Gasteiger partial charge on any atom is -0.481 e. The van der Waals surface area contributed by atoms with Gasteiger partial charge in [0.1, 0.15) is 11.6 Å². The van der Waals surface area contributed by atoms with Crippen molar-refractivity contribution in [1.29, 1.82) is 0 Å². The zero-order valence-electron chi connectivity index (χ0n) is 15.0. The molecule has 1 amide bonds. The molecule has 0 aromatic carbocycles. The lowest BCUT2D eigenvalue weighted by atomic mass is 9.80. The van der Waals surface area contributed by atoms with Gasteiger partial charge in [0.15, 0.2) is 0 Å². The number of ether oxygens (including phenoxy) is 1. The van der Waals surface area contributed by atoms with Gasteiger partial charge < -0.3 is 14.7 Å². The van der Waals surface area contributed by atoms with E-state index >= 15 is 0 Å². The van der Waals surface area contributed by atoms with Gasteiger partial charge in [-0.2, -0.15) is 0 Å². The summed E-state index contributed by atoms with van der Waals surface area (Å²) < 4.78 is 5.35. The molecule has 6 heteroatoms. The zero-order chi connectivity index (χ0) is 18.0. The Kier molecular flexibility index (Phi) is 5.83. The fourth-order valence-electron chi connectivity index (χ4n) is 2.61. The van der Waals surface area contributed by atoms with Crippen LogP contribution in [0.2, 0.25) is 0 Å². The minimum absolute atomic E-state index is 0.149. The number of likely N-dealkylation sites (tertiary alicyclic amines) is 1. The molecule has 2 unspecified atom stereocenters. The molecular formula is C17H29NO5. The quantitative estimate of drug-likeness (QED) is 0.758. The Hall–Kier alpha value is -1.59. The highest BCUT2D eigenvalue weighted by atomic mass is 16.6. The van der Waals surface area contributed by atoms with Crippen molar-refractivity contribution in [3.8, 4) is 0 Å². The van der Waals surface area contributed by atoms with Gasteiger partial charge in [-0.05, 0) is 53.9 Å². The summed E-state index contributed by atoms with van der Waals surface area (Å²) in [5, 5.41) is 9.25. The van der Waals surface area contributed by atoms with Crippen LogP contribution in [-0.2, 0) is 19.1 Å². The van der Waals surface area contributed by atoms with Crippen LogP contribution < -0.4 is 0 Å². The lowest BCUT2D eigenvalue weighted by molar-refractivity contribution is -0.173. The molecule has 0 aliphatic carbocycles. The normalized spacial score (nSPS) is 19.7. The third-order valence-electron chi connectivity index (χ3n) is 4.16. The largest absolute Gasteiger partial charge is 0.481 e. The van der Waals surface area contributed by atoms with E-state index in [1.807, 2.05) is 6.92 Å². The number of rotatable bonds is 6. The first-order valence-corrected chi connectivity index (χ1v) is 8.16. The lowest BCUT2D eigenvalue weighted by Gasteiger charge is -2.42. The van der Waals surface area contributed by atoms with Crippen LogP contribution in [-0.4, -0.2) is 46.0 Å². The van der Waals surface area contributed by atoms with Crippen LogP contribution in [0.5, 0.6) is 0 Å². The third kappa shape index (κ3) is 4.94. The van der Waals surface area contributed by atoms with Crippen LogP contribution in [0.4, 0.5) is 0 Å². The molecular weight excluding hydrogens is 298 g/mol. The van der Waals surface area contributed by atoms with Gasteiger partial charge in [-0.1, -0.05) is 6.92 Å². The van der Waals surface area contributed by atoms with Crippen molar-refractivity contribution >= 4 is 17.8 Å². The Morgan fingerprint density at radius 3 is 2.13 bits per heavy atom. The summed E-state index contributed by atoms with van der Waals surface area (Å²) in [6, 6.07) is -0.538. The molecule has 0 radical (unpaired) electrons. The van der Waals surface area contributed by atoms with Crippen LogP contribution in [0, 0.1) is 11.3 Å². The van der Waals surface area contributed by atoms with E-state index in [-0.39, 0.29) is 18.3 Å². The highest BCUT2D eigenvalue weighted by Crippen LogP contribution is 2.31. The maximum atomic E-state index is 12.7. The topological polar surface area (TPSA) is 83.9 Å². The molecule has 1 rings (SSSR count). The molecule has 2 atom stereocenters. The summed E-state index contributed by atoms with van der Waals surface area (Å²) in [5.74, 6) is -1.85. The second kappa shape index (κ2) is 6.89. The predicted molar refractivity (Wildman–Crippen MR) is 85.8 cm³/mol. The number of esters is 1. The third-order valence-corrected chi connectivity index (χ3v) is 4.16. The van der Waals surface area contributed by atoms with Gasteiger partial charge in [-0.25, -0.2) is 4.79 Å². The highest BCUT2D eigenvalue weighted by Gasteiger charge is 2.43. The van der Waals surface area contributed by atoms with Crippen molar-refractivity contribution in [2.75, 3.05) is 6.54 Å². The molecule has 1 heterocycles. The van der Waals surface area contributed by atoms with E-state index in [0.29, 0.717) is 19.4 Å². The Balaban J connectivity index is 2.75. The van der Waals surface area contributed by atoms with E-state index in [2.05, 4.69) is 0 Å². The summed E-state index contributed by atoms with van der Waals surface area (Å²) in [5.41, 5.74) is -1.56. The molecule has 0 spiro atoms. The number of hydrogen-bond donors (Lipinski definition) is 1. The number of nitrogens with zero attached hydrogens (tertiary/aromatic N) is 1. The SMILES string of the molecule is CCC(CC(C)(C)C(=O)O)C(=O)N1CCC1C(=O)OC(C)(C)C. The molecule has 23 heavy (non-hydrogen) atoms. The van der Waals surface area contributed by atoms with Gasteiger partial charge in [0, 0.05) is 12.5 Å². The van der Waals surface area contributed by atoms with Crippen molar-refractivity contribution < 1.29 is 24.2 Å². The summed E-state index contributed by atoms with van der Waals surface area (Å²) in [7, 11) is 0. The van der Waals surface area contributed by atoms with Crippen molar-refractivity contribution in [1.82, 2.24) is 4.90 Å². The fraction of sp³-hybridized carbons (Fsp3) is 0.824. The number of carboxylic acid groups (broad SMARTS) is 1. The maximum absolute atomic E-state index is 12.7. The van der Waals surface area contributed by atoms with Crippen LogP contribution in [0.3, 0.4) is 0 Å². The second-order valence-electron chi connectivity index (χ2n) is 7.87. The summed E-state index contributed by atoms with van der Waals surface area (Å²) in [4.78, 5) is 37.6. The Morgan fingerprint density at radius 2 is 1.78 bits per heavy atom. The van der Waals surface area contributed by atoms with E-state index in [9.17, 15) is 19.5 Å². The van der Waals surface area contributed by atoms with Gasteiger partial charge in [-0.3, -0.25) is 9.59 Å². The first-order chi connectivity index (χ1) is 10.4. The van der Waals surface area contributed by atoms with Gasteiger partial charge >= 0.3 is 11.9 Å². The highest BCUT2D eigenvalue weighted by molar-refractivity contribution is 5.88. The molecule has 1 fully saturated rings. The predicted octanol–water partition coefficient (Wildman–Crippen LogP) is 2.46. The summed E-state index contributed by atoms with van der Waals surface area (Å²) in [6.45, 7) is 11.0. The van der Waals surface area contributed by atoms with E-state index in [1.165, 1.54) is 4.90 Å². The van der Waals surface area contributed by atoms with Crippen molar-refractivity contribution in [3.05, 3.63) is 0 Å². The van der Waals surface area contributed by atoms with Gasteiger partial charge in [0.25, 0.3) is 0 Å². The number of carbonyl (C=O) groups excluding carboxylic acids is 2. The molecule has 0 bridgehead atoms. The van der Waals surface area contributed by atoms with Crippen LogP contribution >= 0.6 is 0 Å². The van der Waals surface area contributed by atoms with Crippen molar-refractivity contribution in [2.45, 2.75) is 72.4 Å². The lowest BCUT2D eigenvalue weighted by Crippen LogP contribution is -2.58. The van der Waals surface area contributed by atoms with Crippen LogP contribution in [0.15, 0.2) is 0 Å². The van der Waals surface area contributed by atoms with E-state index in [1.54, 1.807) is 34.6 Å². The van der Waals surface area contributed by atoms with E-state index in [0.717, 1.165) is 0 Å². The number of hydrogen-bond acceptors (Lipinski definition) is 4. The van der Waals surface area contributed by atoms with Gasteiger partial charge in [-0.15, -0.1) is 0 Å². The Morgan fingerprint density at radius 1 is 1.22 bits per heavy atom. The average molecular weight is 327 g/mol. The van der Waals surface area contributed by atoms with Crippen molar-refractivity contribution in [2.24, 2.45) is 11.3 Å². The Labute approximate surface area is 138 Å². The summed E-state index contributed by atoms with van der Waals surface area (Å²) >= 11 is 0. The number of carbonyl (C=O) groups is 3. The smallest absolute Gasteiger partial charge is 0.329 e. The van der Waals surface area contributed by atoms with Gasteiger partial charge in [0.05, 0.1) is 5.41 Å². The molecule has 6 nitrogen and oxygen atoms in total. The number of carboxylic acids is 1. The molecule has 132 valence electrons. The standard InChI is InChI=1S/C17H29NO5/c1-7-11(10-17(5,6)15(21)22)13(19)18-9-8-12(18)14(20)23-16(2,3)4/h11-12H,7-10H2,1-6H3,(H,21,22). The summed E-state index contributed by atoms with van der Waals surface area (Å²) in [6.07, 6.45) is 1.40. The van der Waals surface area contributed by atoms with E-state index < -0.39 is 28.9 Å². The molecule has 1 aliphatic heterocycles. The molecule has 0 aromatic rings. The maximum Gasteiger partial charge on any atom is 0.329 e. The first kappa shape index (κ1) is 19.5. The monoisotopic (exact) mass is 327 g/mol. The second-order valence-corrected chi connectivity index (χ2v) is 7.87. The van der Waals surface area contributed by atoms with Gasteiger partial charge in [0.2, 0.25) is 5.91 Å². The minimum atomic E-state index is -0.970.